The molecule has 8 rings (SSSR count). The lowest BCUT2D eigenvalue weighted by molar-refractivity contribution is -0.222. The van der Waals surface area contributed by atoms with Crippen molar-refractivity contribution in [1.29, 1.82) is 0 Å². The molecular formula is C27H31N5O3. The Balaban J connectivity index is 1.35. The number of allylic oxidation sites excluding steroid dienone is 2. The molecule has 2 bridgehead atoms. The molecule has 0 amide bonds. The van der Waals surface area contributed by atoms with E-state index >= 15 is 0 Å². The van der Waals surface area contributed by atoms with Crippen molar-refractivity contribution in [2.45, 2.75) is 56.0 Å². The predicted molar refractivity (Wildman–Crippen MR) is 132 cm³/mol. The minimum atomic E-state index is -0.951. The van der Waals surface area contributed by atoms with E-state index < -0.39 is 17.1 Å². The zero-order valence-corrected chi connectivity index (χ0v) is 19.6. The highest BCUT2D eigenvalue weighted by atomic mass is 16.5. The first kappa shape index (κ1) is 20.4. The summed E-state index contributed by atoms with van der Waals surface area (Å²) >= 11 is 0. The molecule has 8 nitrogen and oxygen atoms in total. The Morgan fingerprint density at radius 1 is 1.26 bits per heavy atom. The van der Waals surface area contributed by atoms with Gasteiger partial charge in [-0.15, -0.1) is 0 Å². The molecule has 6 aliphatic rings. The number of piperidine rings is 1. The van der Waals surface area contributed by atoms with Crippen LogP contribution in [0.4, 0.5) is 5.69 Å². The lowest BCUT2D eigenvalue weighted by atomic mass is 9.45. The number of likely N-dealkylation sites (tertiary alicyclic amines) is 1. The third-order valence-corrected chi connectivity index (χ3v) is 9.89. The van der Waals surface area contributed by atoms with Crippen LogP contribution in [0.5, 0.6) is 0 Å². The predicted octanol–water partition coefficient (Wildman–Crippen LogP) is 2.67. The van der Waals surface area contributed by atoms with Gasteiger partial charge in [-0.2, -0.15) is 0 Å². The normalized spacial score (nSPS) is 39.0. The van der Waals surface area contributed by atoms with Crippen LogP contribution >= 0.6 is 0 Å². The van der Waals surface area contributed by atoms with Gasteiger partial charge in [0.15, 0.2) is 5.96 Å². The maximum atomic E-state index is 12.9. The summed E-state index contributed by atoms with van der Waals surface area (Å²) in [6, 6.07) is 5.93. The van der Waals surface area contributed by atoms with Crippen molar-refractivity contribution in [3.63, 3.8) is 0 Å². The van der Waals surface area contributed by atoms with E-state index in [2.05, 4.69) is 21.0 Å². The Morgan fingerprint density at radius 2 is 2.11 bits per heavy atom. The van der Waals surface area contributed by atoms with Crippen molar-refractivity contribution in [3.8, 4) is 0 Å². The Hall–Kier alpha value is -2.81. The van der Waals surface area contributed by atoms with Crippen LogP contribution in [0.3, 0.4) is 0 Å². The molecule has 35 heavy (non-hydrogen) atoms. The fourth-order valence-corrected chi connectivity index (χ4v) is 8.37. The van der Waals surface area contributed by atoms with Crippen LogP contribution < -0.4 is 11.5 Å². The number of hydrogen-bond donors (Lipinski definition) is 5. The largest absolute Gasteiger partial charge is 0.510 e. The third kappa shape index (κ3) is 2.45. The van der Waals surface area contributed by atoms with E-state index in [0.29, 0.717) is 12.1 Å². The molecule has 1 spiro atoms. The second kappa shape index (κ2) is 6.49. The molecule has 3 heterocycles. The number of nitrogens with two attached hydrogens (primary N) is 2. The van der Waals surface area contributed by atoms with Gasteiger partial charge in [0.25, 0.3) is 0 Å². The van der Waals surface area contributed by atoms with Crippen LogP contribution in [0.1, 0.15) is 43.0 Å². The van der Waals surface area contributed by atoms with E-state index in [4.69, 9.17) is 16.2 Å². The molecule has 1 aromatic carbocycles. The third-order valence-electron chi connectivity index (χ3n) is 9.89. The summed E-state index contributed by atoms with van der Waals surface area (Å²) in [6.07, 6.45) is 8.01. The van der Waals surface area contributed by atoms with Gasteiger partial charge in [-0.25, -0.2) is 4.99 Å². The van der Waals surface area contributed by atoms with Gasteiger partial charge in [0.1, 0.15) is 18.0 Å². The fourth-order valence-electron chi connectivity index (χ4n) is 8.37. The summed E-state index contributed by atoms with van der Waals surface area (Å²) in [7, 11) is 0. The average Bonchev–Trinajstić information content (AvgIpc) is 3.46. The minimum absolute atomic E-state index is 0.00131. The van der Waals surface area contributed by atoms with E-state index in [0.717, 1.165) is 54.0 Å². The highest BCUT2D eigenvalue weighted by Gasteiger charge is 2.76. The summed E-state index contributed by atoms with van der Waals surface area (Å²) in [4.78, 5) is 10.5. The molecule has 2 saturated carbocycles. The second-order valence-electron chi connectivity index (χ2n) is 11.6. The van der Waals surface area contributed by atoms with Gasteiger partial charge >= 0.3 is 0 Å². The summed E-state index contributed by atoms with van der Waals surface area (Å²) < 4.78 is 6.75. The number of ether oxygens (including phenoxy) is 1. The SMILES string of the molecule is NC(N)=Nc1ccc2[nH]c3c(c2c1)C[C@@]1(O)C2CC4=CC=C(O)C5O[C@@H]3[C@]1(CCN2CC1CC1)C45. The van der Waals surface area contributed by atoms with E-state index in [-0.39, 0.29) is 29.8 Å². The minimum Gasteiger partial charge on any atom is -0.510 e. The van der Waals surface area contributed by atoms with Gasteiger partial charge in [0.05, 0.1) is 11.3 Å². The molecule has 4 aliphatic carbocycles. The number of hydrogen-bond acceptors (Lipinski definition) is 5. The zero-order valence-electron chi connectivity index (χ0n) is 19.6. The van der Waals surface area contributed by atoms with Crippen LogP contribution in [-0.2, 0) is 11.2 Å². The number of aliphatic imine (C=N–C) groups is 1. The lowest BCUT2D eigenvalue weighted by Gasteiger charge is -2.65. The van der Waals surface area contributed by atoms with Crippen molar-refractivity contribution in [3.05, 3.63) is 52.9 Å². The first-order chi connectivity index (χ1) is 16.9. The summed E-state index contributed by atoms with van der Waals surface area (Å²) in [6.45, 7) is 2.03. The molecule has 4 fully saturated rings. The van der Waals surface area contributed by atoms with E-state index in [1.807, 2.05) is 24.3 Å². The Kier molecular flexibility index (Phi) is 3.78. The van der Waals surface area contributed by atoms with Gasteiger partial charge in [0, 0.05) is 46.9 Å². The number of nitrogens with one attached hydrogen (secondary N) is 1. The molecule has 0 radical (unpaired) electrons. The number of aromatic amines is 1. The first-order valence-corrected chi connectivity index (χ1v) is 12.8. The second-order valence-corrected chi connectivity index (χ2v) is 11.6. The van der Waals surface area contributed by atoms with Crippen LogP contribution in [0, 0.1) is 17.3 Å². The highest BCUT2D eigenvalue weighted by Crippen LogP contribution is 2.72. The van der Waals surface area contributed by atoms with E-state index in [9.17, 15) is 10.2 Å². The Morgan fingerprint density at radius 3 is 2.91 bits per heavy atom. The molecule has 6 atom stereocenters. The smallest absolute Gasteiger partial charge is 0.191 e. The van der Waals surface area contributed by atoms with Crippen LogP contribution in [0.25, 0.3) is 10.9 Å². The van der Waals surface area contributed by atoms with E-state index in [1.165, 1.54) is 18.4 Å². The van der Waals surface area contributed by atoms with Gasteiger partial charge in [-0.1, -0.05) is 11.6 Å². The number of aliphatic hydroxyl groups excluding tert-OH is 1. The Bertz CT molecular complexity index is 1370. The standard InChI is InChI=1S/C27H31N5O3/c28-25(29)30-15-4-5-18-16(10-15)17-11-27(34)20-9-14-3-6-19(33)23-21(14)26(27,24(35-23)22(17)31-18)7-8-32(20)12-13-1-2-13/h3-6,10,13,20-21,23-24,31,33-34H,1-2,7-9,11-12H2,(H4,28,29,30)/t20?,21?,23?,24-,26-,27+/m0/s1. The average molecular weight is 474 g/mol. The molecular weight excluding hydrogens is 442 g/mol. The maximum Gasteiger partial charge on any atom is 0.191 e. The quantitative estimate of drug-likeness (QED) is 0.344. The molecule has 8 heteroatoms. The highest BCUT2D eigenvalue weighted by molar-refractivity contribution is 5.89. The number of nitrogens with zero attached hydrogens (tertiary/aromatic N) is 2. The molecule has 7 N–H and O–H groups in total. The lowest BCUT2D eigenvalue weighted by Crippen LogP contribution is -2.74. The Labute approximate surface area is 203 Å². The van der Waals surface area contributed by atoms with Gasteiger partial charge < -0.3 is 31.4 Å². The number of fused-ring (bicyclic) bond motifs is 4. The van der Waals surface area contributed by atoms with E-state index in [1.54, 1.807) is 0 Å². The van der Waals surface area contributed by atoms with Crippen molar-refractivity contribution >= 4 is 22.5 Å². The number of H-pyrrole nitrogens is 1. The van der Waals surface area contributed by atoms with Crippen LogP contribution in [0.2, 0.25) is 0 Å². The number of benzene rings is 1. The molecule has 3 unspecified atom stereocenters. The topological polar surface area (TPSA) is 133 Å². The molecule has 2 aromatic rings. The zero-order chi connectivity index (χ0) is 23.7. The maximum absolute atomic E-state index is 12.9. The summed E-state index contributed by atoms with van der Waals surface area (Å²) in [5, 5.41) is 24.8. The molecule has 2 saturated heterocycles. The van der Waals surface area contributed by atoms with Crippen molar-refractivity contribution in [2.75, 3.05) is 13.1 Å². The van der Waals surface area contributed by atoms with Gasteiger partial charge in [0.2, 0.25) is 0 Å². The number of rotatable bonds is 3. The van der Waals surface area contributed by atoms with Crippen molar-refractivity contribution in [1.82, 2.24) is 9.88 Å². The molecule has 1 aromatic heterocycles. The van der Waals surface area contributed by atoms with Crippen molar-refractivity contribution < 1.29 is 14.9 Å². The molecule has 182 valence electrons. The number of aromatic nitrogens is 1. The molecule has 2 aliphatic heterocycles. The van der Waals surface area contributed by atoms with Gasteiger partial charge in [-0.3, -0.25) is 4.90 Å². The van der Waals surface area contributed by atoms with Gasteiger partial charge in [-0.05, 0) is 68.0 Å². The van der Waals surface area contributed by atoms with Crippen molar-refractivity contribution in [2.24, 2.45) is 33.7 Å². The first-order valence-electron chi connectivity index (χ1n) is 12.8. The number of aliphatic hydroxyl groups is 2. The fraction of sp³-hybridized carbons (Fsp3) is 0.519. The summed E-state index contributed by atoms with van der Waals surface area (Å²) in [5.41, 5.74) is 15.0. The monoisotopic (exact) mass is 473 g/mol. The van der Waals surface area contributed by atoms with Crippen LogP contribution in [-0.4, -0.2) is 56.9 Å². The number of guanidine groups is 1. The van der Waals surface area contributed by atoms with Crippen LogP contribution in [0.15, 0.2) is 46.7 Å². The summed E-state index contributed by atoms with van der Waals surface area (Å²) in [5.74, 6) is 1.05.